The normalized spacial score (nSPS) is 25.8. The van der Waals surface area contributed by atoms with E-state index in [1.54, 1.807) is 0 Å². The first kappa shape index (κ1) is 16.1. The van der Waals surface area contributed by atoms with Crippen molar-refractivity contribution in [3.63, 3.8) is 0 Å². The molecular weight excluding hydrogens is 314 g/mol. The Morgan fingerprint density at radius 2 is 2.25 bits per heavy atom. The van der Waals surface area contributed by atoms with Crippen molar-refractivity contribution in [3.05, 3.63) is 16.1 Å². The smallest absolute Gasteiger partial charge is 0.273 e. The Bertz CT molecular complexity index is 466. The number of hydrogen-bond donors (Lipinski definition) is 1. The van der Waals surface area contributed by atoms with Gasteiger partial charge in [-0.25, -0.2) is 4.98 Å². The fraction of sp³-hybridized carbons (Fsp3) is 0.692. The maximum atomic E-state index is 12.6. The van der Waals surface area contributed by atoms with Crippen molar-refractivity contribution < 1.29 is 4.79 Å². The van der Waals surface area contributed by atoms with Crippen molar-refractivity contribution in [2.45, 2.75) is 43.5 Å². The van der Waals surface area contributed by atoms with Crippen LogP contribution < -0.4 is 5.73 Å². The number of thioether (sulfide) groups is 1. The molecule has 112 valence electrons. The fourth-order valence-electron chi connectivity index (χ4n) is 3.00. The second-order valence-corrected chi connectivity index (χ2v) is 7.38. The van der Waals surface area contributed by atoms with Crippen LogP contribution in [0.5, 0.6) is 0 Å². The third-order valence-electron chi connectivity index (χ3n) is 3.94. The first-order valence-corrected chi connectivity index (χ1v) is 8.79. The minimum absolute atomic E-state index is 0. The van der Waals surface area contributed by atoms with Gasteiger partial charge in [-0.05, 0) is 12.8 Å². The maximum absolute atomic E-state index is 12.6. The van der Waals surface area contributed by atoms with Crippen LogP contribution in [0.4, 0.5) is 0 Å². The van der Waals surface area contributed by atoms with Gasteiger partial charge in [0.15, 0.2) is 0 Å². The molecule has 3 rings (SSSR count). The summed E-state index contributed by atoms with van der Waals surface area (Å²) in [5.74, 6) is 1.16. The van der Waals surface area contributed by atoms with Crippen molar-refractivity contribution in [2.24, 2.45) is 5.73 Å². The quantitative estimate of drug-likeness (QED) is 0.903. The molecule has 2 unspecified atom stereocenters. The van der Waals surface area contributed by atoms with E-state index in [1.807, 2.05) is 17.1 Å². The van der Waals surface area contributed by atoms with Crippen LogP contribution in [0.1, 0.15) is 41.2 Å². The molecule has 4 nitrogen and oxygen atoms in total. The summed E-state index contributed by atoms with van der Waals surface area (Å²) in [5, 5.41) is 3.33. The van der Waals surface area contributed by atoms with E-state index in [9.17, 15) is 4.79 Å². The van der Waals surface area contributed by atoms with Crippen molar-refractivity contribution in [2.75, 3.05) is 12.3 Å². The molecule has 2 heterocycles. The third kappa shape index (κ3) is 3.13. The Hall–Kier alpha value is -0.300. The zero-order valence-corrected chi connectivity index (χ0v) is 13.7. The SMILES string of the molecule is Cl.NCc1nc(C(=O)N2CCSC3CCCCC32)cs1. The second kappa shape index (κ2) is 7.11. The molecule has 20 heavy (non-hydrogen) atoms. The number of rotatable bonds is 2. The van der Waals surface area contributed by atoms with Crippen molar-refractivity contribution in [3.8, 4) is 0 Å². The Morgan fingerprint density at radius 3 is 3.00 bits per heavy atom. The summed E-state index contributed by atoms with van der Waals surface area (Å²) in [7, 11) is 0. The number of thiazole rings is 1. The number of carbonyl (C=O) groups is 1. The fourth-order valence-corrected chi connectivity index (χ4v) is 5.09. The molecule has 0 aromatic carbocycles. The molecule has 0 spiro atoms. The summed E-state index contributed by atoms with van der Waals surface area (Å²) in [6.07, 6.45) is 4.96. The van der Waals surface area contributed by atoms with E-state index in [-0.39, 0.29) is 18.3 Å². The van der Waals surface area contributed by atoms with Gasteiger partial charge in [0.05, 0.1) is 0 Å². The second-order valence-electron chi connectivity index (χ2n) is 5.09. The lowest BCUT2D eigenvalue weighted by Gasteiger charge is -2.43. The van der Waals surface area contributed by atoms with E-state index >= 15 is 0 Å². The summed E-state index contributed by atoms with van der Waals surface area (Å²) in [6.45, 7) is 1.28. The summed E-state index contributed by atoms with van der Waals surface area (Å²) in [6, 6.07) is 0.419. The number of fused-ring (bicyclic) bond motifs is 1. The molecule has 0 bridgehead atoms. The first-order chi connectivity index (χ1) is 9.29. The number of nitrogens with two attached hydrogens (primary N) is 1. The number of aromatic nitrogens is 1. The molecule has 1 aromatic rings. The molecule has 1 aliphatic carbocycles. The van der Waals surface area contributed by atoms with Crippen LogP contribution in [0.2, 0.25) is 0 Å². The molecule has 1 aromatic heterocycles. The van der Waals surface area contributed by atoms with E-state index in [2.05, 4.69) is 9.88 Å². The largest absolute Gasteiger partial charge is 0.332 e. The van der Waals surface area contributed by atoms with Gasteiger partial charge in [-0.1, -0.05) is 12.8 Å². The van der Waals surface area contributed by atoms with Gasteiger partial charge < -0.3 is 10.6 Å². The van der Waals surface area contributed by atoms with Gasteiger partial charge in [-0.15, -0.1) is 23.7 Å². The molecule has 1 saturated carbocycles. The van der Waals surface area contributed by atoms with Gasteiger partial charge in [0.25, 0.3) is 5.91 Å². The van der Waals surface area contributed by atoms with Gasteiger partial charge in [-0.3, -0.25) is 4.79 Å². The van der Waals surface area contributed by atoms with Gasteiger partial charge in [0.1, 0.15) is 10.7 Å². The average Bonchev–Trinajstić information content (AvgIpc) is 2.95. The Labute approximate surface area is 133 Å². The third-order valence-corrected chi connectivity index (χ3v) is 6.21. The highest BCUT2D eigenvalue weighted by molar-refractivity contribution is 8.00. The topological polar surface area (TPSA) is 59.2 Å². The monoisotopic (exact) mass is 333 g/mol. The molecular formula is C13H20ClN3OS2. The predicted molar refractivity (Wildman–Crippen MR) is 86.8 cm³/mol. The predicted octanol–water partition coefficient (Wildman–Crippen LogP) is 2.52. The molecule has 2 aliphatic rings. The lowest BCUT2D eigenvalue weighted by molar-refractivity contribution is 0.0641. The Morgan fingerprint density at radius 1 is 1.45 bits per heavy atom. The molecule has 7 heteroatoms. The van der Waals surface area contributed by atoms with Crippen molar-refractivity contribution in [1.29, 1.82) is 0 Å². The van der Waals surface area contributed by atoms with Gasteiger partial charge in [0, 0.05) is 35.5 Å². The van der Waals surface area contributed by atoms with E-state index in [1.165, 1.54) is 30.6 Å². The van der Waals surface area contributed by atoms with Gasteiger partial charge in [-0.2, -0.15) is 11.8 Å². The van der Waals surface area contributed by atoms with Gasteiger partial charge in [0.2, 0.25) is 0 Å². The molecule has 1 saturated heterocycles. The van der Waals surface area contributed by atoms with Crippen molar-refractivity contribution in [1.82, 2.24) is 9.88 Å². The lowest BCUT2D eigenvalue weighted by atomic mass is 9.93. The maximum Gasteiger partial charge on any atom is 0.273 e. The lowest BCUT2D eigenvalue weighted by Crippen LogP contribution is -2.51. The van der Waals surface area contributed by atoms with E-state index in [0.29, 0.717) is 23.5 Å². The van der Waals surface area contributed by atoms with E-state index in [0.717, 1.165) is 23.7 Å². The first-order valence-electron chi connectivity index (χ1n) is 6.86. The molecule has 2 N–H and O–H groups in total. The van der Waals surface area contributed by atoms with Crippen LogP contribution in [-0.2, 0) is 6.54 Å². The van der Waals surface area contributed by atoms with Crippen LogP contribution in [0.15, 0.2) is 5.38 Å². The molecule has 0 radical (unpaired) electrons. The average molecular weight is 334 g/mol. The Balaban J connectivity index is 0.00000147. The summed E-state index contributed by atoms with van der Waals surface area (Å²) < 4.78 is 0. The minimum atomic E-state index is 0. The molecule has 1 aliphatic heterocycles. The van der Waals surface area contributed by atoms with Crippen LogP contribution in [0.3, 0.4) is 0 Å². The highest BCUT2D eigenvalue weighted by Crippen LogP contribution is 2.36. The van der Waals surface area contributed by atoms with E-state index in [4.69, 9.17) is 5.73 Å². The highest BCUT2D eigenvalue weighted by Gasteiger charge is 2.37. The van der Waals surface area contributed by atoms with Crippen molar-refractivity contribution >= 4 is 41.4 Å². The summed E-state index contributed by atoms with van der Waals surface area (Å²) >= 11 is 3.52. The molecule has 2 fully saturated rings. The number of hydrogen-bond acceptors (Lipinski definition) is 5. The number of amides is 1. The number of carbonyl (C=O) groups excluding carboxylic acids is 1. The van der Waals surface area contributed by atoms with Crippen LogP contribution in [-0.4, -0.2) is 39.4 Å². The standard InChI is InChI=1S/C13H19N3OS2.ClH/c14-7-12-15-9(8-19-12)13(17)16-5-6-18-11-4-2-1-3-10(11)16;/h8,10-11H,1-7,14H2;1H. The zero-order chi connectivity index (χ0) is 13.2. The minimum Gasteiger partial charge on any atom is -0.332 e. The summed E-state index contributed by atoms with van der Waals surface area (Å²) in [4.78, 5) is 19.0. The summed E-state index contributed by atoms with van der Waals surface area (Å²) in [5.41, 5.74) is 6.15. The zero-order valence-electron chi connectivity index (χ0n) is 11.3. The number of halogens is 1. The highest BCUT2D eigenvalue weighted by atomic mass is 35.5. The Kier molecular flexibility index (Phi) is 5.72. The molecule has 2 atom stereocenters. The van der Waals surface area contributed by atoms with Crippen LogP contribution >= 0.6 is 35.5 Å². The molecule has 1 amide bonds. The number of nitrogens with zero attached hydrogens (tertiary/aromatic N) is 2. The van der Waals surface area contributed by atoms with Gasteiger partial charge >= 0.3 is 0 Å². The van der Waals surface area contributed by atoms with Crippen LogP contribution in [0, 0.1) is 0 Å². The van der Waals surface area contributed by atoms with E-state index < -0.39 is 0 Å². The van der Waals surface area contributed by atoms with Crippen LogP contribution in [0.25, 0.3) is 0 Å².